The van der Waals surface area contributed by atoms with E-state index in [2.05, 4.69) is 42.1 Å². The summed E-state index contributed by atoms with van der Waals surface area (Å²) in [6, 6.07) is 14.2. The van der Waals surface area contributed by atoms with Gasteiger partial charge in [0, 0.05) is 42.8 Å². The molecule has 7 heteroatoms. The van der Waals surface area contributed by atoms with Gasteiger partial charge in [-0.15, -0.1) is 11.8 Å². The van der Waals surface area contributed by atoms with Crippen molar-refractivity contribution in [2.45, 2.75) is 12.5 Å². The van der Waals surface area contributed by atoms with Gasteiger partial charge < -0.3 is 14.7 Å². The molecule has 2 heterocycles. The van der Waals surface area contributed by atoms with Crippen LogP contribution < -0.4 is 9.80 Å². The van der Waals surface area contributed by atoms with E-state index in [-0.39, 0.29) is 5.91 Å². The molecule has 4 nitrogen and oxygen atoms in total. The SMILES string of the molecule is CN(C)[C@H]1CCN(c2ccccc2C=C2SCCN(c3ccc(Cl)c(Cl)c3)C2=O)C1. The number of likely N-dealkylation sites (N-methyl/N-ethyl adjacent to an activating group) is 1. The number of hydrogen-bond acceptors (Lipinski definition) is 4. The molecule has 4 rings (SSSR count). The maximum absolute atomic E-state index is 13.2. The van der Waals surface area contributed by atoms with Gasteiger partial charge in [0.25, 0.3) is 5.91 Å². The summed E-state index contributed by atoms with van der Waals surface area (Å²) in [5.74, 6) is 0.846. The minimum Gasteiger partial charge on any atom is -0.369 e. The van der Waals surface area contributed by atoms with Crippen LogP contribution in [0.3, 0.4) is 0 Å². The molecule has 2 aromatic rings. The fourth-order valence-corrected chi connectivity index (χ4v) is 5.20. The number of nitrogens with zero attached hydrogens (tertiary/aromatic N) is 3. The van der Waals surface area contributed by atoms with E-state index in [1.165, 1.54) is 5.69 Å². The summed E-state index contributed by atoms with van der Waals surface area (Å²) in [7, 11) is 4.27. The van der Waals surface area contributed by atoms with Crippen LogP contribution in [0.1, 0.15) is 12.0 Å². The van der Waals surface area contributed by atoms with Crippen molar-refractivity contribution in [2.75, 3.05) is 49.3 Å². The molecule has 2 fully saturated rings. The quantitative estimate of drug-likeness (QED) is 0.580. The fraction of sp³-hybridized carbons (Fsp3) is 0.348. The molecule has 0 unspecified atom stereocenters. The fourth-order valence-electron chi connectivity index (χ4n) is 3.97. The van der Waals surface area contributed by atoms with Crippen LogP contribution in [0.25, 0.3) is 6.08 Å². The Hall–Kier alpha value is -1.66. The highest BCUT2D eigenvalue weighted by Crippen LogP contribution is 2.35. The molecule has 1 amide bonds. The number of halogens is 2. The van der Waals surface area contributed by atoms with Crippen molar-refractivity contribution in [3.05, 3.63) is 63.0 Å². The van der Waals surface area contributed by atoms with Crippen LogP contribution >= 0.6 is 35.0 Å². The standard InChI is InChI=1S/C23H25Cl2N3OS/c1-26(2)18-9-10-27(15-18)21-6-4-3-5-16(21)13-22-23(29)28(11-12-30-22)17-7-8-19(24)20(25)14-17/h3-8,13-14,18H,9-12,15H2,1-2H3/t18-/m0/s1. The second-order valence-corrected chi connectivity index (χ2v) is 9.77. The first kappa shape index (κ1) is 21.6. The predicted octanol–water partition coefficient (Wildman–Crippen LogP) is 5.25. The van der Waals surface area contributed by atoms with E-state index >= 15 is 0 Å². The van der Waals surface area contributed by atoms with E-state index in [1.54, 1.807) is 28.8 Å². The summed E-state index contributed by atoms with van der Waals surface area (Å²) < 4.78 is 0. The van der Waals surface area contributed by atoms with Crippen LogP contribution in [-0.4, -0.2) is 56.3 Å². The Kier molecular flexibility index (Phi) is 6.63. The highest BCUT2D eigenvalue weighted by Gasteiger charge is 2.28. The Morgan fingerprint density at radius 2 is 1.90 bits per heavy atom. The minimum absolute atomic E-state index is 0.00651. The predicted molar refractivity (Wildman–Crippen MR) is 130 cm³/mol. The van der Waals surface area contributed by atoms with Crippen molar-refractivity contribution < 1.29 is 4.79 Å². The molecule has 0 saturated carbocycles. The van der Waals surface area contributed by atoms with Crippen molar-refractivity contribution in [3.63, 3.8) is 0 Å². The summed E-state index contributed by atoms with van der Waals surface area (Å²) in [6.45, 7) is 2.68. The summed E-state index contributed by atoms with van der Waals surface area (Å²) in [4.78, 5) is 20.5. The highest BCUT2D eigenvalue weighted by atomic mass is 35.5. The Morgan fingerprint density at radius 3 is 2.63 bits per heavy atom. The van der Waals surface area contributed by atoms with E-state index in [1.807, 2.05) is 18.2 Å². The minimum atomic E-state index is 0.00651. The third-order valence-electron chi connectivity index (χ3n) is 5.70. The Balaban J connectivity index is 1.60. The summed E-state index contributed by atoms with van der Waals surface area (Å²) in [5.41, 5.74) is 3.06. The summed E-state index contributed by atoms with van der Waals surface area (Å²) in [5, 5.41) is 0.950. The number of rotatable bonds is 4. The topological polar surface area (TPSA) is 26.8 Å². The Labute approximate surface area is 192 Å². The third-order valence-corrected chi connectivity index (χ3v) is 7.43. The maximum Gasteiger partial charge on any atom is 0.264 e. The first-order chi connectivity index (χ1) is 14.4. The molecule has 0 radical (unpaired) electrons. The zero-order chi connectivity index (χ0) is 21.3. The lowest BCUT2D eigenvalue weighted by atomic mass is 10.1. The highest BCUT2D eigenvalue weighted by molar-refractivity contribution is 8.04. The molecule has 0 aliphatic carbocycles. The lowest BCUT2D eigenvalue weighted by molar-refractivity contribution is -0.114. The van der Waals surface area contributed by atoms with Gasteiger partial charge in [0.1, 0.15) is 0 Å². The third kappa shape index (κ3) is 4.50. The lowest BCUT2D eigenvalue weighted by Crippen LogP contribution is -2.37. The second kappa shape index (κ2) is 9.23. The Bertz CT molecular complexity index is 979. The van der Waals surface area contributed by atoms with E-state index in [4.69, 9.17) is 23.2 Å². The van der Waals surface area contributed by atoms with Crippen LogP contribution in [0.15, 0.2) is 47.4 Å². The van der Waals surface area contributed by atoms with E-state index in [9.17, 15) is 4.79 Å². The smallest absolute Gasteiger partial charge is 0.264 e. The molecule has 0 spiro atoms. The molecule has 2 saturated heterocycles. The van der Waals surface area contributed by atoms with Crippen molar-refractivity contribution in [1.29, 1.82) is 0 Å². The first-order valence-corrected chi connectivity index (χ1v) is 11.8. The molecule has 1 atom stereocenters. The van der Waals surface area contributed by atoms with Gasteiger partial charge in [0.2, 0.25) is 0 Å². The number of benzene rings is 2. The van der Waals surface area contributed by atoms with E-state index < -0.39 is 0 Å². The zero-order valence-electron chi connectivity index (χ0n) is 17.1. The van der Waals surface area contributed by atoms with E-state index in [0.717, 1.165) is 41.4 Å². The number of carbonyl (C=O) groups excluding carboxylic acids is 1. The van der Waals surface area contributed by atoms with Gasteiger partial charge >= 0.3 is 0 Å². The van der Waals surface area contributed by atoms with Crippen LogP contribution in [-0.2, 0) is 4.79 Å². The van der Waals surface area contributed by atoms with Crippen LogP contribution in [0.4, 0.5) is 11.4 Å². The number of hydrogen-bond donors (Lipinski definition) is 0. The molecule has 30 heavy (non-hydrogen) atoms. The summed E-state index contributed by atoms with van der Waals surface area (Å²) in [6.07, 6.45) is 3.19. The van der Waals surface area contributed by atoms with Gasteiger partial charge in [-0.25, -0.2) is 0 Å². The molecule has 0 bridgehead atoms. The van der Waals surface area contributed by atoms with Gasteiger partial charge in [-0.2, -0.15) is 0 Å². The second-order valence-electron chi connectivity index (χ2n) is 7.82. The van der Waals surface area contributed by atoms with Crippen molar-refractivity contribution in [2.24, 2.45) is 0 Å². The molecule has 2 aliphatic heterocycles. The molecular formula is C23H25Cl2N3OS. The summed E-state index contributed by atoms with van der Waals surface area (Å²) >= 11 is 13.8. The zero-order valence-corrected chi connectivity index (χ0v) is 19.5. The van der Waals surface area contributed by atoms with E-state index in [0.29, 0.717) is 22.6 Å². The molecular weight excluding hydrogens is 437 g/mol. The molecule has 0 aromatic heterocycles. The average Bonchev–Trinajstić information content (AvgIpc) is 3.23. The molecule has 2 aromatic carbocycles. The number of para-hydroxylation sites is 1. The largest absolute Gasteiger partial charge is 0.369 e. The number of carbonyl (C=O) groups is 1. The van der Waals surface area contributed by atoms with Crippen LogP contribution in [0.2, 0.25) is 10.0 Å². The first-order valence-electron chi connectivity index (χ1n) is 10.1. The van der Waals surface area contributed by atoms with Gasteiger partial charge in [-0.3, -0.25) is 4.79 Å². The van der Waals surface area contributed by atoms with Gasteiger partial charge in [-0.05, 0) is 56.4 Å². The molecule has 0 N–H and O–H groups in total. The number of anilines is 2. The van der Waals surface area contributed by atoms with Crippen molar-refractivity contribution >= 4 is 58.3 Å². The van der Waals surface area contributed by atoms with Crippen LogP contribution in [0, 0.1) is 0 Å². The maximum atomic E-state index is 13.2. The van der Waals surface area contributed by atoms with Crippen LogP contribution in [0.5, 0.6) is 0 Å². The normalized spacial score (nSPS) is 21.2. The molecule has 158 valence electrons. The molecule has 2 aliphatic rings. The van der Waals surface area contributed by atoms with Gasteiger partial charge in [-0.1, -0.05) is 41.4 Å². The van der Waals surface area contributed by atoms with Crippen molar-refractivity contribution in [3.8, 4) is 0 Å². The van der Waals surface area contributed by atoms with Crippen molar-refractivity contribution in [1.82, 2.24) is 4.90 Å². The Morgan fingerprint density at radius 1 is 1.10 bits per heavy atom. The van der Waals surface area contributed by atoms with Gasteiger partial charge in [0.05, 0.1) is 15.0 Å². The lowest BCUT2D eigenvalue weighted by Gasteiger charge is -2.29. The van der Waals surface area contributed by atoms with Gasteiger partial charge in [0.15, 0.2) is 0 Å². The number of thioether (sulfide) groups is 1. The average molecular weight is 462 g/mol. The number of amides is 1. The monoisotopic (exact) mass is 461 g/mol.